The molecule has 6 heteroatoms. The Morgan fingerprint density at radius 3 is 3.16 bits per heavy atom. The summed E-state index contributed by atoms with van der Waals surface area (Å²) in [6, 6.07) is 4.20. The van der Waals surface area contributed by atoms with Crippen molar-refractivity contribution in [2.75, 3.05) is 13.1 Å². The van der Waals surface area contributed by atoms with Crippen LogP contribution in [0.25, 0.3) is 9.88 Å². The van der Waals surface area contributed by atoms with Crippen molar-refractivity contribution < 1.29 is 4.79 Å². The lowest BCUT2D eigenvalue weighted by Gasteiger charge is -2.22. The molecule has 1 aliphatic rings. The van der Waals surface area contributed by atoms with E-state index in [1.54, 1.807) is 11.3 Å². The monoisotopic (exact) mass is 293 g/mol. The Hall–Kier alpha value is -1.24. The van der Waals surface area contributed by atoms with Crippen LogP contribution in [0.4, 0.5) is 0 Å². The van der Waals surface area contributed by atoms with Gasteiger partial charge < -0.3 is 10.6 Å². The fraction of sp³-hybridized carbons (Fsp3) is 0.385. The van der Waals surface area contributed by atoms with Crippen LogP contribution in [-0.2, 0) is 0 Å². The lowest BCUT2D eigenvalue weighted by molar-refractivity contribution is 0.0736. The molecule has 0 radical (unpaired) electrons. The highest BCUT2D eigenvalue weighted by molar-refractivity contribution is 7.20. The number of thiazole rings is 1. The van der Waals surface area contributed by atoms with E-state index in [-0.39, 0.29) is 11.9 Å². The van der Waals surface area contributed by atoms with Gasteiger partial charge in [-0.3, -0.25) is 4.79 Å². The zero-order chi connectivity index (χ0) is 13.2. The molecule has 3 heterocycles. The van der Waals surface area contributed by atoms with Crippen molar-refractivity contribution in [2.45, 2.75) is 18.9 Å². The topological polar surface area (TPSA) is 59.2 Å². The zero-order valence-corrected chi connectivity index (χ0v) is 12.0. The van der Waals surface area contributed by atoms with Crippen LogP contribution in [0.15, 0.2) is 22.9 Å². The number of hydrogen-bond acceptors (Lipinski definition) is 5. The van der Waals surface area contributed by atoms with Gasteiger partial charge in [-0.25, -0.2) is 4.98 Å². The number of thiophene rings is 1. The van der Waals surface area contributed by atoms with Crippen molar-refractivity contribution in [2.24, 2.45) is 5.73 Å². The molecule has 0 saturated carbocycles. The highest BCUT2D eigenvalue weighted by Gasteiger charge is 2.29. The standard InChI is InChI=1S/C13H15N3OS2/c14-7-9-3-1-5-16(9)13(17)10-8-19-12(15-10)11-4-2-6-18-11/h2,4,6,8-9H,1,3,5,7,14H2. The molecule has 4 nitrogen and oxygen atoms in total. The summed E-state index contributed by atoms with van der Waals surface area (Å²) < 4.78 is 0. The second-order valence-electron chi connectivity index (χ2n) is 4.55. The van der Waals surface area contributed by atoms with Crippen LogP contribution in [0.2, 0.25) is 0 Å². The first-order chi connectivity index (χ1) is 9.29. The second-order valence-corrected chi connectivity index (χ2v) is 6.35. The molecule has 2 N–H and O–H groups in total. The third kappa shape index (κ3) is 2.43. The summed E-state index contributed by atoms with van der Waals surface area (Å²) in [6.45, 7) is 1.33. The molecule has 0 aliphatic carbocycles. The van der Waals surface area contributed by atoms with Crippen LogP contribution in [-0.4, -0.2) is 34.9 Å². The van der Waals surface area contributed by atoms with Crippen LogP contribution in [0.1, 0.15) is 23.3 Å². The van der Waals surface area contributed by atoms with Gasteiger partial charge in [0.25, 0.3) is 5.91 Å². The van der Waals surface area contributed by atoms with Crippen molar-refractivity contribution in [3.05, 3.63) is 28.6 Å². The summed E-state index contributed by atoms with van der Waals surface area (Å²) in [5, 5.41) is 4.79. The van der Waals surface area contributed by atoms with Crippen molar-refractivity contribution in [3.63, 3.8) is 0 Å². The van der Waals surface area contributed by atoms with E-state index in [2.05, 4.69) is 4.98 Å². The van der Waals surface area contributed by atoms with Crippen molar-refractivity contribution >= 4 is 28.6 Å². The summed E-state index contributed by atoms with van der Waals surface area (Å²) in [6.07, 6.45) is 2.04. The van der Waals surface area contributed by atoms with Crippen molar-refractivity contribution in [1.29, 1.82) is 0 Å². The Labute approximate surface area is 119 Å². The maximum Gasteiger partial charge on any atom is 0.273 e. The second kappa shape index (κ2) is 5.40. The number of carbonyl (C=O) groups is 1. The smallest absolute Gasteiger partial charge is 0.273 e. The summed E-state index contributed by atoms with van der Waals surface area (Å²) >= 11 is 3.17. The van der Waals surface area contributed by atoms with Crippen LogP contribution >= 0.6 is 22.7 Å². The van der Waals surface area contributed by atoms with Gasteiger partial charge >= 0.3 is 0 Å². The average molecular weight is 293 g/mol. The Bertz CT molecular complexity index is 564. The van der Waals surface area contributed by atoms with Crippen LogP contribution in [0.5, 0.6) is 0 Å². The van der Waals surface area contributed by atoms with Crippen LogP contribution in [0, 0.1) is 0 Å². The number of hydrogen-bond donors (Lipinski definition) is 1. The molecule has 0 spiro atoms. The van der Waals surface area contributed by atoms with E-state index in [1.807, 2.05) is 27.8 Å². The van der Waals surface area contributed by atoms with Gasteiger partial charge in [0.1, 0.15) is 10.7 Å². The Morgan fingerprint density at radius 2 is 2.42 bits per heavy atom. The number of nitrogens with zero attached hydrogens (tertiary/aromatic N) is 2. The van der Waals surface area contributed by atoms with Crippen molar-refractivity contribution in [1.82, 2.24) is 9.88 Å². The maximum atomic E-state index is 12.4. The van der Waals surface area contributed by atoms with Crippen LogP contribution in [0.3, 0.4) is 0 Å². The molecule has 1 aliphatic heterocycles. The molecule has 3 rings (SSSR count). The third-order valence-electron chi connectivity index (χ3n) is 3.37. The first-order valence-electron chi connectivity index (χ1n) is 6.30. The largest absolute Gasteiger partial charge is 0.333 e. The summed E-state index contributed by atoms with van der Waals surface area (Å²) in [5.41, 5.74) is 6.26. The minimum Gasteiger partial charge on any atom is -0.333 e. The average Bonchev–Trinajstić information content (AvgIpc) is 3.16. The van der Waals surface area contributed by atoms with E-state index >= 15 is 0 Å². The van der Waals surface area contributed by atoms with E-state index in [0.29, 0.717) is 12.2 Å². The molecule has 1 amide bonds. The first kappa shape index (κ1) is 12.8. The molecule has 1 unspecified atom stereocenters. The lowest BCUT2D eigenvalue weighted by Crippen LogP contribution is -2.40. The number of carbonyl (C=O) groups excluding carboxylic acids is 1. The van der Waals surface area contributed by atoms with Gasteiger partial charge in [0.15, 0.2) is 0 Å². The minimum atomic E-state index is 0.0204. The molecule has 19 heavy (non-hydrogen) atoms. The highest BCUT2D eigenvalue weighted by atomic mass is 32.1. The molecular weight excluding hydrogens is 278 g/mol. The molecule has 2 aromatic heterocycles. The molecule has 1 saturated heterocycles. The molecule has 100 valence electrons. The maximum absolute atomic E-state index is 12.4. The van der Waals surface area contributed by atoms with Gasteiger partial charge in [-0.1, -0.05) is 6.07 Å². The Kier molecular flexibility index (Phi) is 3.63. The normalized spacial score (nSPS) is 19.0. The molecule has 0 bridgehead atoms. The third-order valence-corrected chi connectivity index (χ3v) is 5.25. The van der Waals surface area contributed by atoms with E-state index in [4.69, 9.17) is 5.73 Å². The quantitative estimate of drug-likeness (QED) is 0.945. The Morgan fingerprint density at radius 1 is 1.53 bits per heavy atom. The van der Waals surface area contributed by atoms with Gasteiger partial charge in [-0.05, 0) is 24.3 Å². The lowest BCUT2D eigenvalue weighted by atomic mass is 10.2. The van der Waals surface area contributed by atoms with Gasteiger partial charge in [-0.2, -0.15) is 0 Å². The number of likely N-dealkylation sites (tertiary alicyclic amines) is 1. The predicted molar refractivity (Wildman–Crippen MR) is 78.5 cm³/mol. The predicted octanol–water partition coefficient (Wildman–Crippen LogP) is 2.43. The number of aromatic nitrogens is 1. The van der Waals surface area contributed by atoms with Gasteiger partial charge in [-0.15, -0.1) is 22.7 Å². The summed E-state index contributed by atoms with van der Waals surface area (Å²) in [4.78, 5) is 19.9. The fourth-order valence-corrected chi connectivity index (χ4v) is 3.99. The van der Waals surface area contributed by atoms with Gasteiger partial charge in [0, 0.05) is 24.5 Å². The number of amides is 1. The number of rotatable bonds is 3. The van der Waals surface area contributed by atoms with E-state index in [9.17, 15) is 4.79 Å². The SMILES string of the molecule is NCC1CCCN1C(=O)c1csc(-c2cccs2)n1. The zero-order valence-electron chi connectivity index (χ0n) is 10.4. The minimum absolute atomic E-state index is 0.0204. The van der Waals surface area contributed by atoms with E-state index in [1.165, 1.54) is 11.3 Å². The van der Waals surface area contributed by atoms with E-state index < -0.39 is 0 Å². The summed E-state index contributed by atoms with van der Waals surface area (Å²) in [5.74, 6) is 0.0204. The molecule has 1 fully saturated rings. The highest BCUT2D eigenvalue weighted by Crippen LogP contribution is 2.29. The molecular formula is C13H15N3OS2. The molecule has 1 atom stereocenters. The van der Waals surface area contributed by atoms with Crippen LogP contribution < -0.4 is 5.73 Å². The molecule has 0 aromatic carbocycles. The summed E-state index contributed by atoms with van der Waals surface area (Å²) in [7, 11) is 0. The van der Waals surface area contributed by atoms with E-state index in [0.717, 1.165) is 29.3 Å². The first-order valence-corrected chi connectivity index (χ1v) is 8.06. The fourth-order valence-electron chi connectivity index (χ4n) is 2.38. The van der Waals surface area contributed by atoms with Crippen molar-refractivity contribution in [3.8, 4) is 9.88 Å². The van der Waals surface area contributed by atoms with Gasteiger partial charge in [0.05, 0.1) is 4.88 Å². The Balaban J connectivity index is 1.81. The van der Waals surface area contributed by atoms with Gasteiger partial charge in [0.2, 0.25) is 0 Å². The molecule has 2 aromatic rings. The number of nitrogens with two attached hydrogens (primary N) is 1.